The van der Waals surface area contributed by atoms with Crippen molar-refractivity contribution in [3.05, 3.63) is 163 Å². The van der Waals surface area contributed by atoms with Gasteiger partial charge in [0.25, 0.3) is 0 Å². The van der Waals surface area contributed by atoms with E-state index in [0.717, 1.165) is 51.3 Å². The molecular formula is C50H41N3. The minimum absolute atomic E-state index is 0.193. The average molecular weight is 684 g/mol. The molecule has 0 radical (unpaired) electrons. The molecule has 256 valence electrons. The largest absolute Gasteiger partial charge is 0.278 e. The van der Waals surface area contributed by atoms with Gasteiger partial charge in [0.2, 0.25) is 5.95 Å². The number of hydrogen-bond acceptors (Lipinski definition) is 2. The van der Waals surface area contributed by atoms with E-state index in [-0.39, 0.29) is 5.41 Å². The van der Waals surface area contributed by atoms with E-state index >= 15 is 0 Å². The first-order valence-corrected chi connectivity index (χ1v) is 19.4. The van der Waals surface area contributed by atoms with Gasteiger partial charge >= 0.3 is 0 Å². The summed E-state index contributed by atoms with van der Waals surface area (Å²) in [4.78, 5) is 10.8. The third kappa shape index (κ3) is 5.09. The van der Waals surface area contributed by atoms with Gasteiger partial charge in [0.1, 0.15) is 0 Å². The molecule has 4 fully saturated rings. The summed E-state index contributed by atoms with van der Waals surface area (Å²) >= 11 is 0. The topological polar surface area (TPSA) is 30.7 Å². The molecule has 0 atom stereocenters. The quantitative estimate of drug-likeness (QED) is 0.175. The lowest BCUT2D eigenvalue weighted by atomic mass is 9.47. The van der Waals surface area contributed by atoms with Crippen LogP contribution in [0.15, 0.2) is 158 Å². The summed E-state index contributed by atoms with van der Waals surface area (Å²) in [6.07, 6.45) is 8.19. The van der Waals surface area contributed by atoms with E-state index in [1.54, 1.807) is 5.56 Å². The van der Waals surface area contributed by atoms with Gasteiger partial charge in [-0.3, -0.25) is 4.57 Å². The Labute approximate surface area is 311 Å². The predicted octanol–water partition coefficient (Wildman–Crippen LogP) is 12.7. The fourth-order valence-corrected chi connectivity index (χ4v) is 11.0. The van der Waals surface area contributed by atoms with Crippen LogP contribution in [-0.2, 0) is 5.41 Å². The Morgan fingerprint density at radius 1 is 0.434 bits per heavy atom. The number of aromatic nitrogens is 3. The summed E-state index contributed by atoms with van der Waals surface area (Å²) in [5.74, 6) is 3.22. The lowest BCUT2D eigenvalue weighted by Gasteiger charge is -2.58. The van der Waals surface area contributed by atoms with Crippen LogP contribution in [0.25, 0.3) is 72.5 Å². The molecule has 12 rings (SSSR count). The van der Waals surface area contributed by atoms with Crippen molar-refractivity contribution in [2.45, 2.75) is 43.9 Å². The molecule has 0 saturated heterocycles. The summed E-state index contributed by atoms with van der Waals surface area (Å²) in [6.45, 7) is 0. The van der Waals surface area contributed by atoms with Crippen molar-refractivity contribution in [1.82, 2.24) is 14.5 Å². The smallest absolute Gasteiger partial charge is 0.235 e. The maximum absolute atomic E-state index is 5.52. The second-order valence-corrected chi connectivity index (χ2v) is 16.1. The van der Waals surface area contributed by atoms with E-state index in [4.69, 9.17) is 9.97 Å². The zero-order chi connectivity index (χ0) is 34.9. The molecule has 4 aliphatic rings. The Kier molecular flexibility index (Phi) is 7.05. The molecule has 4 saturated carbocycles. The molecule has 4 bridgehead atoms. The van der Waals surface area contributed by atoms with Crippen molar-refractivity contribution in [1.29, 1.82) is 0 Å². The van der Waals surface area contributed by atoms with Crippen molar-refractivity contribution in [2.75, 3.05) is 0 Å². The molecule has 6 aromatic carbocycles. The monoisotopic (exact) mass is 683 g/mol. The van der Waals surface area contributed by atoms with Gasteiger partial charge in [-0.15, -0.1) is 0 Å². The summed E-state index contributed by atoms with van der Waals surface area (Å²) in [5, 5.41) is 2.41. The van der Waals surface area contributed by atoms with Crippen LogP contribution < -0.4 is 0 Å². The van der Waals surface area contributed by atoms with Crippen molar-refractivity contribution in [2.24, 2.45) is 17.8 Å². The summed E-state index contributed by atoms with van der Waals surface area (Å²) < 4.78 is 2.25. The number of hydrogen-bond donors (Lipinski definition) is 0. The lowest BCUT2D eigenvalue weighted by Crippen LogP contribution is -2.49. The first kappa shape index (κ1) is 30.8. The van der Waals surface area contributed by atoms with Crippen LogP contribution in [0.3, 0.4) is 0 Å². The maximum atomic E-state index is 5.52. The fourth-order valence-electron chi connectivity index (χ4n) is 11.0. The van der Waals surface area contributed by atoms with Crippen LogP contribution in [-0.4, -0.2) is 14.5 Å². The normalized spacial score (nSPS) is 21.8. The average Bonchev–Trinajstić information content (AvgIpc) is 3.55. The van der Waals surface area contributed by atoms with E-state index < -0.39 is 0 Å². The number of nitrogens with zero attached hydrogens (tertiary/aromatic N) is 3. The third-order valence-corrected chi connectivity index (χ3v) is 12.7. The van der Waals surface area contributed by atoms with Gasteiger partial charge in [-0.05, 0) is 120 Å². The standard InChI is InChI=1S/C50H41N3/c1-4-14-36(15-5-1)42-27-39(28-43(37-16-6-2-7-17-37)48(42)50-30-33-24-34(31-50)26-35(25-33)32-50)45-29-44(38-18-8-3-9-19-38)51-49(52-45)53-46-22-12-10-20-40(46)41-21-11-13-23-47(41)53/h1-23,27-29,33-35H,24-26,30-32H2. The molecule has 0 spiro atoms. The molecule has 0 N–H and O–H groups in total. The highest BCUT2D eigenvalue weighted by atomic mass is 15.2. The van der Waals surface area contributed by atoms with Gasteiger partial charge in [0.15, 0.2) is 0 Å². The number of rotatable bonds is 6. The zero-order valence-electron chi connectivity index (χ0n) is 29.8. The van der Waals surface area contributed by atoms with E-state index in [2.05, 4.69) is 162 Å². The predicted molar refractivity (Wildman–Crippen MR) is 218 cm³/mol. The molecule has 2 aromatic heterocycles. The van der Waals surface area contributed by atoms with Gasteiger partial charge < -0.3 is 0 Å². The molecule has 4 aliphatic carbocycles. The highest BCUT2D eigenvalue weighted by Crippen LogP contribution is 2.63. The van der Waals surface area contributed by atoms with Gasteiger partial charge in [-0.2, -0.15) is 0 Å². The van der Waals surface area contributed by atoms with E-state index in [9.17, 15) is 0 Å². The Morgan fingerprint density at radius 2 is 0.849 bits per heavy atom. The van der Waals surface area contributed by atoms with Gasteiger partial charge in [-0.1, -0.05) is 127 Å². The Morgan fingerprint density at radius 3 is 1.34 bits per heavy atom. The Bertz CT molecular complexity index is 2490. The Balaban J connectivity index is 1.21. The van der Waals surface area contributed by atoms with Gasteiger partial charge in [0.05, 0.1) is 22.4 Å². The van der Waals surface area contributed by atoms with E-state index in [1.165, 1.54) is 71.6 Å². The lowest BCUT2D eigenvalue weighted by molar-refractivity contribution is -0.00465. The van der Waals surface area contributed by atoms with Crippen LogP contribution in [0, 0.1) is 17.8 Å². The zero-order valence-corrected chi connectivity index (χ0v) is 29.8. The molecule has 0 unspecified atom stereocenters. The van der Waals surface area contributed by atoms with Crippen molar-refractivity contribution >= 4 is 21.8 Å². The minimum Gasteiger partial charge on any atom is -0.278 e. The van der Waals surface area contributed by atoms with Crippen molar-refractivity contribution in [3.8, 4) is 50.7 Å². The van der Waals surface area contributed by atoms with Crippen molar-refractivity contribution < 1.29 is 0 Å². The maximum Gasteiger partial charge on any atom is 0.235 e. The second kappa shape index (κ2) is 12.1. The first-order chi connectivity index (χ1) is 26.2. The molecule has 3 heteroatoms. The molecular weight excluding hydrogens is 643 g/mol. The number of fused-ring (bicyclic) bond motifs is 3. The summed E-state index contributed by atoms with van der Waals surface area (Å²) in [5.41, 5.74) is 13.3. The summed E-state index contributed by atoms with van der Waals surface area (Å²) in [7, 11) is 0. The number of benzene rings is 6. The van der Waals surface area contributed by atoms with Gasteiger partial charge in [0, 0.05) is 21.9 Å². The minimum atomic E-state index is 0.193. The van der Waals surface area contributed by atoms with Crippen LogP contribution in [0.2, 0.25) is 0 Å². The highest BCUT2D eigenvalue weighted by Gasteiger charge is 2.53. The number of para-hydroxylation sites is 2. The SMILES string of the molecule is c1ccc(-c2cc(-c3cc(-c4ccccc4)c(C45CC6CC(CC(C6)C4)C5)c(-c4ccccc4)c3)nc(-n3c4ccccc4c4ccccc43)n2)cc1. The van der Waals surface area contributed by atoms with E-state index in [0.29, 0.717) is 5.95 Å². The third-order valence-electron chi connectivity index (χ3n) is 12.7. The molecule has 8 aromatic rings. The Hall–Kier alpha value is -5.80. The first-order valence-electron chi connectivity index (χ1n) is 19.4. The molecule has 2 heterocycles. The fraction of sp³-hybridized carbons (Fsp3) is 0.200. The summed E-state index contributed by atoms with van der Waals surface area (Å²) in [6, 6.07) is 57.3. The highest BCUT2D eigenvalue weighted by molar-refractivity contribution is 6.09. The second-order valence-electron chi connectivity index (χ2n) is 16.1. The van der Waals surface area contributed by atoms with Crippen LogP contribution in [0.1, 0.15) is 44.1 Å². The van der Waals surface area contributed by atoms with Crippen LogP contribution in [0.5, 0.6) is 0 Å². The van der Waals surface area contributed by atoms with Gasteiger partial charge in [-0.25, -0.2) is 9.97 Å². The van der Waals surface area contributed by atoms with Crippen LogP contribution >= 0.6 is 0 Å². The van der Waals surface area contributed by atoms with Crippen molar-refractivity contribution in [3.63, 3.8) is 0 Å². The molecule has 0 aliphatic heterocycles. The molecule has 0 amide bonds. The molecule has 3 nitrogen and oxygen atoms in total. The van der Waals surface area contributed by atoms with E-state index in [1.807, 2.05) is 0 Å². The molecule has 53 heavy (non-hydrogen) atoms. The van der Waals surface area contributed by atoms with Crippen LogP contribution in [0.4, 0.5) is 0 Å².